The molecule has 2 rings (SSSR count). The minimum absolute atomic E-state index is 0.107. The maximum atomic E-state index is 5.89. The molecular formula is C13H27N3O. The summed E-state index contributed by atoms with van der Waals surface area (Å²) in [6.07, 6.45) is 2.77. The van der Waals surface area contributed by atoms with Gasteiger partial charge in [0.1, 0.15) is 0 Å². The predicted molar refractivity (Wildman–Crippen MR) is 70.4 cm³/mol. The molecule has 0 saturated carbocycles. The highest BCUT2D eigenvalue weighted by Crippen LogP contribution is 2.14. The lowest BCUT2D eigenvalue weighted by Gasteiger charge is -2.39. The molecule has 0 bridgehead atoms. The van der Waals surface area contributed by atoms with Gasteiger partial charge in [0.15, 0.2) is 0 Å². The second-order valence-corrected chi connectivity index (χ2v) is 5.75. The first kappa shape index (κ1) is 13.3. The Morgan fingerprint density at radius 2 is 1.94 bits per heavy atom. The Morgan fingerprint density at radius 3 is 2.53 bits per heavy atom. The van der Waals surface area contributed by atoms with E-state index in [9.17, 15) is 0 Å². The molecule has 0 aromatic heterocycles. The monoisotopic (exact) mass is 241 g/mol. The summed E-state index contributed by atoms with van der Waals surface area (Å²) in [5.41, 5.74) is 0.107. The van der Waals surface area contributed by atoms with Gasteiger partial charge in [0.05, 0.1) is 12.2 Å². The van der Waals surface area contributed by atoms with Crippen molar-refractivity contribution >= 4 is 0 Å². The summed E-state index contributed by atoms with van der Waals surface area (Å²) in [7, 11) is 2.20. The average molecular weight is 241 g/mol. The fourth-order valence-corrected chi connectivity index (χ4v) is 2.46. The summed E-state index contributed by atoms with van der Waals surface area (Å²) < 4.78 is 5.89. The lowest BCUT2D eigenvalue weighted by molar-refractivity contribution is -0.0710. The van der Waals surface area contributed by atoms with Crippen LogP contribution in [0.3, 0.4) is 0 Å². The van der Waals surface area contributed by atoms with Gasteiger partial charge in [-0.05, 0) is 39.9 Å². The van der Waals surface area contributed by atoms with Gasteiger partial charge in [-0.2, -0.15) is 0 Å². The highest BCUT2D eigenvalue weighted by Gasteiger charge is 2.32. The van der Waals surface area contributed by atoms with Crippen molar-refractivity contribution in [3.05, 3.63) is 0 Å². The number of likely N-dealkylation sites (N-methyl/N-ethyl adjacent to an activating group) is 1. The van der Waals surface area contributed by atoms with E-state index in [2.05, 4.69) is 29.1 Å². The van der Waals surface area contributed by atoms with Gasteiger partial charge in [-0.15, -0.1) is 0 Å². The number of nitrogens with one attached hydrogen (secondary N) is 1. The molecular weight excluding hydrogens is 214 g/mol. The first-order valence-corrected chi connectivity index (χ1v) is 6.94. The smallest absolute Gasteiger partial charge is 0.0902 e. The van der Waals surface area contributed by atoms with Crippen molar-refractivity contribution in [3.63, 3.8) is 0 Å². The van der Waals surface area contributed by atoms with Gasteiger partial charge in [-0.1, -0.05) is 0 Å². The normalized spacial score (nSPS) is 24.2. The van der Waals surface area contributed by atoms with Crippen LogP contribution in [0, 0.1) is 0 Å². The minimum atomic E-state index is 0.107. The second kappa shape index (κ2) is 6.14. The van der Waals surface area contributed by atoms with E-state index in [0.717, 1.165) is 26.2 Å². The molecule has 0 atom stereocenters. The van der Waals surface area contributed by atoms with Crippen LogP contribution < -0.4 is 5.32 Å². The molecule has 2 saturated heterocycles. The summed E-state index contributed by atoms with van der Waals surface area (Å²) in [5, 5.41) is 3.26. The SMILES string of the molecule is CN(CCOC1(C)CNC1)CCN1CCCC1. The minimum Gasteiger partial charge on any atom is -0.371 e. The third-order valence-corrected chi connectivity index (χ3v) is 3.92. The summed E-state index contributed by atoms with van der Waals surface area (Å²) in [4.78, 5) is 4.95. The molecule has 2 heterocycles. The highest BCUT2D eigenvalue weighted by molar-refractivity contribution is 4.90. The topological polar surface area (TPSA) is 27.7 Å². The number of ether oxygens (including phenoxy) is 1. The lowest BCUT2D eigenvalue weighted by Crippen LogP contribution is -2.59. The Morgan fingerprint density at radius 1 is 1.24 bits per heavy atom. The van der Waals surface area contributed by atoms with Crippen molar-refractivity contribution in [2.24, 2.45) is 0 Å². The van der Waals surface area contributed by atoms with E-state index in [1.54, 1.807) is 0 Å². The van der Waals surface area contributed by atoms with Crippen molar-refractivity contribution in [3.8, 4) is 0 Å². The molecule has 2 aliphatic rings. The number of nitrogens with zero attached hydrogens (tertiary/aromatic N) is 2. The van der Waals surface area contributed by atoms with Gasteiger partial charge in [-0.25, -0.2) is 0 Å². The van der Waals surface area contributed by atoms with Crippen molar-refractivity contribution in [2.45, 2.75) is 25.4 Å². The molecule has 4 heteroatoms. The van der Waals surface area contributed by atoms with Crippen molar-refractivity contribution in [2.75, 3.05) is 59.5 Å². The van der Waals surface area contributed by atoms with Gasteiger partial charge >= 0.3 is 0 Å². The first-order chi connectivity index (χ1) is 8.18. The Balaban J connectivity index is 1.49. The molecule has 17 heavy (non-hydrogen) atoms. The van der Waals surface area contributed by atoms with Gasteiger partial charge in [0.2, 0.25) is 0 Å². The van der Waals surface area contributed by atoms with Crippen LogP contribution in [0.15, 0.2) is 0 Å². The standard InChI is InChI=1S/C13H27N3O/c1-13(11-14-12-13)17-10-9-15(2)7-8-16-5-3-4-6-16/h14H,3-12H2,1-2H3. The highest BCUT2D eigenvalue weighted by atomic mass is 16.5. The van der Waals surface area contributed by atoms with E-state index < -0.39 is 0 Å². The lowest BCUT2D eigenvalue weighted by atomic mass is 10.0. The van der Waals surface area contributed by atoms with E-state index in [-0.39, 0.29) is 5.60 Å². The predicted octanol–water partition coefficient (Wildman–Crippen LogP) is 0.393. The van der Waals surface area contributed by atoms with Gasteiger partial charge < -0.3 is 19.9 Å². The molecule has 0 radical (unpaired) electrons. The fraction of sp³-hybridized carbons (Fsp3) is 1.00. The summed E-state index contributed by atoms with van der Waals surface area (Å²) in [5.74, 6) is 0. The third kappa shape index (κ3) is 4.21. The van der Waals surface area contributed by atoms with E-state index in [1.165, 1.54) is 39.0 Å². The zero-order valence-corrected chi connectivity index (χ0v) is 11.4. The summed E-state index contributed by atoms with van der Waals surface area (Å²) in [6.45, 7) is 11.1. The van der Waals surface area contributed by atoms with Crippen LogP contribution >= 0.6 is 0 Å². The van der Waals surface area contributed by atoms with E-state index in [0.29, 0.717) is 0 Å². The molecule has 0 aliphatic carbocycles. The van der Waals surface area contributed by atoms with E-state index in [1.807, 2.05) is 0 Å². The quantitative estimate of drug-likeness (QED) is 0.698. The van der Waals surface area contributed by atoms with Crippen LogP contribution in [0.2, 0.25) is 0 Å². The molecule has 2 fully saturated rings. The van der Waals surface area contributed by atoms with Crippen LogP contribution in [0.25, 0.3) is 0 Å². The second-order valence-electron chi connectivity index (χ2n) is 5.75. The Hall–Kier alpha value is -0.160. The molecule has 0 amide bonds. The van der Waals surface area contributed by atoms with E-state index >= 15 is 0 Å². The zero-order chi connectivity index (χ0) is 12.1. The molecule has 100 valence electrons. The largest absolute Gasteiger partial charge is 0.371 e. The molecule has 1 N–H and O–H groups in total. The summed E-state index contributed by atoms with van der Waals surface area (Å²) in [6, 6.07) is 0. The maximum Gasteiger partial charge on any atom is 0.0902 e. The number of hydrogen-bond acceptors (Lipinski definition) is 4. The summed E-state index contributed by atoms with van der Waals surface area (Å²) >= 11 is 0. The van der Waals surface area contributed by atoms with Gasteiger partial charge in [-0.3, -0.25) is 0 Å². The zero-order valence-electron chi connectivity index (χ0n) is 11.4. The average Bonchev–Trinajstić information content (AvgIpc) is 2.77. The Labute approximate surface area is 105 Å². The molecule has 0 spiro atoms. The molecule has 0 aromatic rings. The number of hydrogen-bond donors (Lipinski definition) is 1. The van der Waals surface area contributed by atoms with Crippen molar-refractivity contribution < 1.29 is 4.74 Å². The van der Waals surface area contributed by atoms with Crippen LogP contribution in [0.4, 0.5) is 0 Å². The van der Waals surface area contributed by atoms with Gasteiger partial charge in [0.25, 0.3) is 0 Å². The molecule has 0 unspecified atom stereocenters. The number of rotatable bonds is 7. The molecule has 0 aromatic carbocycles. The molecule has 4 nitrogen and oxygen atoms in total. The first-order valence-electron chi connectivity index (χ1n) is 6.94. The van der Waals surface area contributed by atoms with E-state index in [4.69, 9.17) is 4.74 Å². The fourth-order valence-electron chi connectivity index (χ4n) is 2.46. The third-order valence-electron chi connectivity index (χ3n) is 3.92. The number of likely N-dealkylation sites (tertiary alicyclic amines) is 1. The Kier molecular flexibility index (Phi) is 4.79. The van der Waals surface area contributed by atoms with Gasteiger partial charge in [0, 0.05) is 32.7 Å². The van der Waals surface area contributed by atoms with Crippen LogP contribution in [0.1, 0.15) is 19.8 Å². The molecule has 2 aliphatic heterocycles. The van der Waals surface area contributed by atoms with Crippen LogP contribution in [-0.2, 0) is 4.74 Å². The van der Waals surface area contributed by atoms with Crippen molar-refractivity contribution in [1.82, 2.24) is 15.1 Å². The van der Waals surface area contributed by atoms with Crippen LogP contribution in [0.5, 0.6) is 0 Å². The maximum absolute atomic E-state index is 5.89. The van der Waals surface area contributed by atoms with Crippen LogP contribution in [-0.4, -0.2) is 74.9 Å². The Bertz CT molecular complexity index is 225. The van der Waals surface area contributed by atoms with Crippen molar-refractivity contribution in [1.29, 1.82) is 0 Å².